The second kappa shape index (κ2) is 5.87. The van der Waals surface area contributed by atoms with Crippen LogP contribution in [0.4, 0.5) is 0 Å². The summed E-state index contributed by atoms with van der Waals surface area (Å²) < 4.78 is 0. The van der Waals surface area contributed by atoms with Gasteiger partial charge in [-0.1, -0.05) is 6.58 Å². The van der Waals surface area contributed by atoms with Crippen LogP contribution in [0.1, 0.15) is 25.7 Å². The Morgan fingerprint density at radius 1 is 1.29 bits per heavy atom. The molecule has 1 N–H and O–H groups in total. The number of hydrogen-bond donors (Lipinski definition) is 1. The zero-order valence-electron chi connectivity index (χ0n) is 11.4. The van der Waals surface area contributed by atoms with Crippen LogP contribution in [0.25, 0.3) is 0 Å². The second-order valence-corrected chi connectivity index (χ2v) is 5.87. The minimum Gasteiger partial charge on any atom is -0.370 e. The molecule has 2 aliphatic rings. The summed E-state index contributed by atoms with van der Waals surface area (Å²) in [6.07, 6.45) is 5.50. The van der Waals surface area contributed by atoms with Crippen molar-refractivity contribution in [2.24, 2.45) is 5.92 Å². The predicted octanol–water partition coefficient (Wildman–Crippen LogP) is 1.53. The molecule has 0 unspecified atom stereocenters. The van der Waals surface area contributed by atoms with Gasteiger partial charge in [0.05, 0.1) is 0 Å². The van der Waals surface area contributed by atoms with E-state index in [0.717, 1.165) is 31.6 Å². The fourth-order valence-electron chi connectivity index (χ4n) is 3.29. The zero-order chi connectivity index (χ0) is 12.3. The van der Waals surface area contributed by atoms with Gasteiger partial charge in [-0.05, 0) is 45.7 Å². The van der Waals surface area contributed by atoms with Crippen LogP contribution in [-0.4, -0.2) is 56.1 Å². The largest absolute Gasteiger partial charge is 0.370 e. The molecule has 2 fully saturated rings. The molecule has 0 radical (unpaired) electrons. The van der Waals surface area contributed by atoms with Crippen molar-refractivity contribution in [2.45, 2.75) is 31.7 Å². The van der Waals surface area contributed by atoms with Crippen LogP contribution in [0.3, 0.4) is 0 Å². The molecule has 0 aromatic carbocycles. The van der Waals surface area contributed by atoms with Crippen LogP contribution in [0.15, 0.2) is 12.3 Å². The second-order valence-electron chi connectivity index (χ2n) is 5.87. The molecule has 0 amide bonds. The van der Waals surface area contributed by atoms with Crippen LogP contribution in [0.2, 0.25) is 0 Å². The van der Waals surface area contributed by atoms with Crippen molar-refractivity contribution in [2.75, 3.05) is 40.3 Å². The fraction of sp³-hybridized carbons (Fsp3) is 0.857. The molecule has 0 aromatic rings. The molecule has 1 saturated carbocycles. The number of nitrogens with one attached hydrogen (secondary N) is 1. The third-order valence-corrected chi connectivity index (χ3v) is 4.15. The van der Waals surface area contributed by atoms with Crippen molar-refractivity contribution in [3.8, 4) is 0 Å². The van der Waals surface area contributed by atoms with E-state index < -0.39 is 0 Å². The topological polar surface area (TPSA) is 18.5 Å². The van der Waals surface area contributed by atoms with E-state index in [1.807, 2.05) is 0 Å². The summed E-state index contributed by atoms with van der Waals surface area (Å²) in [5.74, 6) is 0.914. The highest BCUT2D eigenvalue weighted by Gasteiger charge is 2.27. The maximum Gasteiger partial charge on any atom is 0.0350 e. The van der Waals surface area contributed by atoms with Gasteiger partial charge >= 0.3 is 0 Å². The van der Waals surface area contributed by atoms with Crippen LogP contribution in [-0.2, 0) is 0 Å². The molecule has 17 heavy (non-hydrogen) atoms. The van der Waals surface area contributed by atoms with Crippen molar-refractivity contribution >= 4 is 0 Å². The van der Waals surface area contributed by atoms with Crippen molar-refractivity contribution in [3.05, 3.63) is 12.3 Å². The van der Waals surface area contributed by atoms with Crippen LogP contribution in [0, 0.1) is 5.92 Å². The maximum atomic E-state index is 4.19. The first kappa shape index (κ1) is 12.9. The Morgan fingerprint density at radius 2 is 2.00 bits per heavy atom. The van der Waals surface area contributed by atoms with Gasteiger partial charge in [0.1, 0.15) is 0 Å². The number of nitrogens with zero attached hydrogens (tertiary/aromatic N) is 2. The monoisotopic (exact) mass is 237 g/mol. The van der Waals surface area contributed by atoms with E-state index >= 15 is 0 Å². The summed E-state index contributed by atoms with van der Waals surface area (Å²) >= 11 is 0. The maximum absolute atomic E-state index is 4.19. The van der Waals surface area contributed by atoms with Crippen molar-refractivity contribution in [3.63, 3.8) is 0 Å². The third-order valence-electron chi connectivity index (χ3n) is 4.15. The van der Waals surface area contributed by atoms with Gasteiger partial charge in [-0.15, -0.1) is 0 Å². The Morgan fingerprint density at radius 3 is 2.59 bits per heavy atom. The Labute approximate surface area is 106 Å². The third kappa shape index (κ3) is 3.46. The molecule has 1 saturated heterocycles. The van der Waals surface area contributed by atoms with Crippen molar-refractivity contribution < 1.29 is 0 Å². The zero-order valence-corrected chi connectivity index (χ0v) is 11.4. The van der Waals surface area contributed by atoms with Crippen molar-refractivity contribution in [1.82, 2.24) is 15.1 Å². The minimum atomic E-state index is 0.767. The summed E-state index contributed by atoms with van der Waals surface area (Å²) in [6.45, 7) is 8.71. The molecule has 0 spiro atoms. The van der Waals surface area contributed by atoms with Gasteiger partial charge in [0.15, 0.2) is 0 Å². The molecule has 2 rings (SSSR count). The lowest BCUT2D eigenvalue weighted by Gasteiger charge is -2.42. The standard InChI is InChI=1S/C14H27N3/c1-12-10-15-8-9-17(12)14-6-4-13(5-7-14)11-16(2)3/h13-15H,1,4-11H2,2-3H3. The van der Waals surface area contributed by atoms with E-state index in [4.69, 9.17) is 0 Å². The summed E-state index contributed by atoms with van der Waals surface area (Å²) in [5, 5.41) is 3.39. The van der Waals surface area contributed by atoms with Gasteiger partial charge in [-0.25, -0.2) is 0 Å². The average molecular weight is 237 g/mol. The highest BCUT2D eigenvalue weighted by molar-refractivity contribution is 5.03. The Bertz CT molecular complexity index is 254. The van der Waals surface area contributed by atoms with Crippen molar-refractivity contribution in [1.29, 1.82) is 0 Å². The van der Waals surface area contributed by atoms with Gasteiger partial charge in [-0.3, -0.25) is 0 Å². The van der Waals surface area contributed by atoms with Gasteiger partial charge < -0.3 is 15.1 Å². The molecular weight excluding hydrogens is 210 g/mol. The number of hydrogen-bond acceptors (Lipinski definition) is 3. The molecule has 1 heterocycles. The number of rotatable bonds is 3. The van der Waals surface area contributed by atoms with Gasteiger partial charge in [0.25, 0.3) is 0 Å². The normalized spacial score (nSPS) is 31.0. The fourth-order valence-corrected chi connectivity index (χ4v) is 3.29. The molecule has 0 atom stereocenters. The quantitative estimate of drug-likeness (QED) is 0.803. The highest BCUT2D eigenvalue weighted by atomic mass is 15.2. The van der Waals surface area contributed by atoms with Gasteiger partial charge in [0, 0.05) is 37.9 Å². The van der Waals surface area contributed by atoms with Crippen LogP contribution >= 0.6 is 0 Å². The van der Waals surface area contributed by atoms with Crippen LogP contribution in [0.5, 0.6) is 0 Å². The smallest absolute Gasteiger partial charge is 0.0350 e. The van der Waals surface area contributed by atoms with E-state index in [-0.39, 0.29) is 0 Å². The molecule has 1 aliphatic carbocycles. The lowest BCUT2D eigenvalue weighted by Crippen LogP contribution is -2.47. The van der Waals surface area contributed by atoms with E-state index in [1.54, 1.807) is 0 Å². The molecular formula is C14H27N3. The summed E-state index contributed by atoms with van der Waals surface area (Å²) in [5.41, 5.74) is 1.30. The van der Waals surface area contributed by atoms with E-state index in [2.05, 4.69) is 35.8 Å². The molecule has 1 aliphatic heterocycles. The number of piperazine rings is 1. The lowest BCUT2D eigenvalue weighted by molar-refractivity contribution is 0.146. The first-order valence-corrected chi connectivity index (χ1v) is 6.96. The summed E-state index contributed by atoms with van der Waals surface area (Å²) in [4.78, 5) is 4.89. The van der Waals surface area contributed by atoms with Crippen LogP contribution < -0.4 is 5.32 Å². The molecule has 0 bridgehead atoms. The molecule has 3 nitrogen and oxygen atoms in total. The highest BCUT2D eigenvalue weighted by Crippen LogP contribution is 2.29. The Balaban J connectivity index is 1.80. The average Bonchev–Trinajstić information content (AvgIpc) is 2.30. The Hall–Kier alpha value is -0.540. The van der Waals surface area contributed by atoms with Gasteiger partial charge in [-0.2, -0.15) is 0 Å². The molecule has 0 aromatic heterocycles. The Kier molecular flexibility index (Phi) is 4.46. The van der Waals surface area contributed by atoms with E-state index in [1.165, 1.54) is 37.9 Å². The summed E-state index contributed by atoms with van der Waals surface area (Å²) in [7, 11) is 4.37. The first-order chi connectivity index (χ1) is 8.16. The first-order valence-electron chi connectivity index (χ1n) is 6.96. The minimum absolute atomic E-state index is 0.767. The van der Waals surface area contributed by atoms with E-state index in [0.29, 0.717) is 0 Å². The SMILES string of the molecule is C=C1CNCCN1C1CCC(CN(C)C)CC1. The lowest BCUT2D eigenvalue weighted by atomic mass is 9.84. The van der Waals surface area contributed by atoms with E-state index in [9.17, 15) is 0 Å². The predicted molar refractivity (Wildman–Crippen MR) is 73.0 cm³/mol. The molecule has 3 heteroatoms. The van der Waals surface area contributed by atoms with Gasteiger partial charge in [0.2, 0.25) is 0 Å². The summed E-state index contributed by atoms with van der Waals surface area (Å²) in [6, 6.07) is 0.767. The molecule has 98 valence electrons.